The highest BCUT2D eigenvalue weighted by Gasteiger charge is 2.61. The fourth-order valence-corrected chi connectivity index (χ4v) is 8.83. The summed E-state index contributed by atoms with van der Waals surface area (Å²) in [6.45, 7) is 9.49. The summed E-state index contributed by atoms with van der Waals surface area (Å²) < 4.78 is 5.28. The number of methoxy groups -OCH3 is 1. The van der Waals surface area contributed by atoms with Gasteiger partial charge in [-0.15, -0.1) is 0 Å². The standard InChI is InChI=1S/C26H42O3/c1-16(2)14-20(24(28)29-5)22-9-8-21-19-7-6-17-15-18(27)10-12-25(17,3)23(19)11-13-26(21,22)4/h16-17,19-23H,6-15H2,1-5H3/t17-,19-,20+,21-,22+,23-,25-,26-/m0/s1. The van der Waals surface area contributed by atoms with Crippen LogP contribution in [0.1, 0.15) is 91.9 Å². The average Bonchev–Trinajstić information content (AvgIpc) is 3.03. The van der Waals surface area contributed by atoms with Crippen LogP contribution in [-0.4, -0.2) is 18.9 Å². The Kier molecular flexibility index (Phi) is 5.66. The molecule has 0 spiro atoms. The van der Waals surface area contributed by atoms with Gasteiger partial charge in [0, 0.05) is 12.8 Å². The molecule has 4 fully saturated rings. The maximum atomic E-state index is 12.7. The van der Waals surface area contributed by atoms with E-state index in [9.17, 15) is 9.59 Å². The maximum absolute atomic E-state index is 12.7. The Morgan fingerprint density at radius 2 is 1.76 bits per heavy atom. The molecule has 8 atom stereocenters. The van der Waals surface area contributed by atoms with Crippen LogP contribution in [0.5, 0.6) is 0 Å². The zero-order chi connectivity index (χ0) is 21.0. The largest absolute Gasteiger partial charge is 0.469 e. The Balaban J connectivity index is 1.58. The number of Topliss-reactive ketones (excluding diaryl/α,β-unsaturated/α-hetero) is 1. The van der Waals surface area contributed by atoms with Gasteiger partial charge in [-0.1, -0.05) is 27.7 Å². The highest BCUT2D eigenvalue weighted by atomic mass is 16.5. The quantitative estimate of drug-likeness (QED) is 0.538. The van der Waals surface area contributed by atoms with E-state index in [1.807, 2.05) is 0 Å². The molecule has 0 bridgehead atoms. The fraction of sp³-hybridized carbons (Fsp3) is 0.923. The number of rotatable bonds is 4. The second-order valence-corrected chi connectivity index (χ2v) is 11.9. The van der Waals surface area contributed by atoms with Crippen molar-refractivity contribution in [3.63, 3.8) is 0 Å². The molecule has 164 valence electrons. The first-order valence-electron chi connectivity index (χ1n) is 12.3. The molecule has 0 radical (unpaired) electrons. The molecule has 4 aliphatic rings. The number of hydrogen-bond donors (Lipinski definition) is 0. The molecule has 4 aliphatic carbocycles. The third kappa shape index (κ3) is 3.39. The van der Waals surface area contributed by atoms with Crippen molar-refractivity contribution in [2.45, 2.75) is 91.9 Å². The zero-order valence-corrected chi connectivity index (χ0v) is 19.3. The molecule has 3 heteroatoms. The third-order valence-corrected chi connectivity index (χ3v) is 10.3. The van der Waals surface area contributed by atoms with Crippen LogP contribution in [0.2, 0.25) is 0 Å². The van der Waals surface area contributed by atoms with E-state index in [1.165, 1.54) is 38.5 Å². The first kappa shape index (κ1) is 21.4. The van der Waals surface area contributed by atoms with Gasteiger partial charge in [0.1, 0.15) is 5.78 Å². The van der Waals surface area contributed by atoms with Gasteiger partial charge in [-0.25, -0.2) is 0 Å². The van der Waals surface area contributed by atoms with Gasteiger partial charge < -0.3 is 4.74 Å². The van der Waals surface area contributed by atoms with E-state index in [2.05, 4.69) is 27.7 Å². The predicted octanol–water partition coefficient (Wildman–Crippen LogP) is 6.05. The summed E-state index contributed by atoms with van der Waals surface area (Å²) in [4.78, 5) is 24.9. The molecule has 0 N–H and O–H groups in total. The van der Waals surface area contributed by atoms with E-state index in [0.717, 1.165) is 43.4 Å². The van der Waals surface area contributed by atoms with Crippen LogP contribution in [0, 0.1) is 52.3 Å². The summed E-state index contributed by atoms with van der Waals surface area (Å²) in [6, 6.07) is 0. The molecule has 29 heavy (non-hydrogen) atoms. The van der Waals surface area contributed by atoms with Gasteiger partial charge in [0.05, 0.1) is 13.0 Å². The average molecular weight is 403 g/mol. The number of fused-ring (bicyclic) bond motifs is 5. The molecule has 0 heterocycles. The summed E-state index contributed by atoms with van der Waals surface area (Å²) in [6.07, 6.45) is 11.3. The zero-order valence-electron chi connectivity index (χ0n) is 19.3. The van der Waals surface area contributed by atoms with Crippen molar-refractivity contribution in [1.29, 1.82) is 0 Å². The van der Waals surface area contributed by atoms with Crippen molar-refractivity contribution < 1.29 is 14.3 Å². The fourth-order valence-electron chi connectivity index (χ4n) is 8.83. The van der Waals surface area contributed by atoms with E-state index >= 15 is 0 Å². The van der Waals surface area contributed by atoms with Crippen molar-refractivity contribution in [1.82, 2.24) is 0 Å². The van der Waals surface area contributed by atoms with Gasteiger partial charge in [0.2, 0.25) is 0 Å². The lowest BCUT2D eigenvalue weighted by Crippen LogP contribution is -2.54. The summed E-state index contributed by atoms with van der Waals surface area (Å²) in [5, 5.41) is 0. The van der Waals surface area contributed by atoms with Gasteiger partial charge in [-0.3, -0.25) is 9.59 Å². The van der Waals surface area contributed by atoms with Crippen molar-refractivity contribution >= 4 is 11.8 Å². The number of carbonyl (C=O) groups excluding carboxylic acids is 2. The van der Waals surface area contributed by atoms with Gasteiger partial charge in [-0.05, 0) is 97.7 Å². The number of carbonyl (C=O) groups is 2. The summed E-state index contributed by atoms with van der Waals surface area (Å²) in [7, 11) is 1.56. The van der Waals surface area contributed by atoms with E-state index in [1.54, 1.807) is 7.11 Å². The molecule has 0 aromatic rings. The van der Waals surface area contributed by atoms with E-state index in [-0.39, 0.29) is 17.3 Å². The Morgan fingerprint density at radius 1 is 1.03 bits per heavy atom. The molecule has 0 aromatic heterocycles. The van der Waals surface area contributed by atoms with Crippen LogP contribution < -0.4 is 0 Å². The van der Waals surface area contributed by atoms with Gasteiger partial charge >= 0.3 is 5.97 Å². The Hall–Kier alpha value is -0.860. The first-order valence-corrected chi connectivity index (χ1v) is 12.3. The molecular formula is C26H42O3. The van der Waals surface area contributed by atoms with E-state index in [0.29, 0.717) is 29.0 Å². The van der Waals surface area contributed by atoms with Crippen molar-refractivity contribution in [2.75, 3.05) is 7.11 Å². The van der Waals surface area contributed by atoms with Crippen LogP contribution in [0.3, 0.4) is 0 Å². The SMILES string of the molecule is COC(=O)[C@H](CC(C)C)[C@H]1CC[C@H]2[C@@H]3CC[C@H]4CC(=O)CC[C@]4(C)[C@H]3CC[C@]12C. The Morgan fingerprint density at radius 3 is 2.45 bits per heavy atom. The normalized spacial score (nSPS) is 45.3. The number of ether oxygens (including phenoxy) is 1. The summed E-state index contributed by atoms with van der Waals surface area (Å²) in [5.41, 5.74) is 0.651. The van der Waals surface area contributed by atoms with Gasteiger partial charge in [0.15, 0.2) is 0 Å². The third-order valence-electron chi connectivity index (χ3n) is 10.3. The second kappa shape index (κ2) is 7.68. The van der Waals surface area contributed by atoms with Crippen molar-refractivity contribution in [3.05, 3.63) is 0 Å². The lowest BCUT2D eigenvalue weighted by Gasteiger charge is -2.60. The molecule has 0 aliphatic heterocycles. The minimum Gasteiger partial charge on any atom is -0.469 e. The van der Waals surface area contributed by atoms with E-state index in [4.69, 9.17) is 4.74 Å². The Labute approximate surface area is 177 Å². The van der Waals surface area contributed by atoms with Crippen LogP contribution in [0.4, 0.5) is 0 Å². The van der Waals surface area contributed by atoms with Crippen LogP contribution >= 0.6 is 0 Å². The number of hydrogen-bond acceptors (Lipinski definition) is 3. The van der Waals surface area contributed by atoms with Crippen LogP contribution in [0.15, 0.2) is 0 Å². The highest BCUT2D eigenvalue weighted by molar-refractivity contribution is 5.79. The Bertz CT molecular complexity index is 654. The molecule has 4 saturated carbocycles. The number of esters is 1. The topological polar surface area (TPSA) is 43.4 Å². The van der Waals surface area contributed by atoms with E-state index < -0.39 is 0 Å². The summed E-state index contributed by atoms with van der Waals surface area (Å²) in [5.74, 6) is 4.53. The first-order chi connectivity index (χ1) is 13.7. The van der Waals surface area contributed by atoms with Crippen molar-refractivity contribution in [3.8, 4) is 0 Å². The smallest absolute Gasteiger partial charge is 0.308 e. The summed E-state index contributed by atoms with van der Waals surface area (Å²) >= 11 is 0. The molecule has 0 amide bonds. The van der Waals surface area contributed by atoms with Crippen LogP contribution in [0.25, 0.3) is 0 Å². The van der Waals surface area contributed by atoms with Crippen LogP contribution in [-0.2, 0) is 14.3 Å². The molecule has 0 aromatic carbocycles. The molecule has 3 nitrogen and oxygen atoms in total. The van der Waals surface area contributed by atoms with Gasteiger partial charge in [-0.2, -0.15) is 0 Å². The lowest BCUT2D eigenvalue weighted by atomic mass is 9.44. The monoisotopic (exact) mass is 402 g/mol. The predicted molar refractivity (Wildman–Crippen MR) is 115 cm³/mol. The minimum atomic E-state index is 0.0224. The lowest BCUT2D eigenvalue weighted by molar-refractivity contribution is -0.154. The maximum Gasteiger partial charge on any atom is 0.308 e. The second-order valence-electron chi connectivity index (χ2n) is 11.9. The molecule has 4 rings (SSSR count). The molecular weight excluding hydrogens is 360 g/mol. The highest BCUT2D eigenvalue weighted by Crippen LogP contribution is 2.68. The minimum absolute atomic E-state index is 0.0224. The molecule has 0 unspecified atom stereocenters. The van der Waals surface area contributed by atoms with Crippen molar-refractivity contribution in [2.24, 2.45) is 52.3 Å². The van der Waals surface area contributed by atoms with Gasteiger partial charge in [0.25, 0.3) is 0 Å². The molecule has 0 saturated heterocycles. The number of ketones is 1.